The van der Waals surface area contributed by atoms with E-state index in [9.17, 15) is 4.79 Å². The minimum atomic E-state index is -0.391. The van der Waals surface area contributed by atoms with Gasteiger partial charge in [0.25, 0.3) is 0 Å². The number of nitrogens with one attached hydrogen (secondary N) is 1. The molecule has 0 unspecified atom stereocenters. The number of carbonyl (C=O) groups is 1. The fourth-order valence-corrected chi connectivity index (χ4v) is 3.70. The third kappa shape index (κ3) is 4.27. The van der Waals surface area contributed by atoms with Crippen LogP contribution in [0.2, 0.25) is 0 Å². The minimum absolute atomic E-state index is 0.288. The molecule has 0 bridgehead atoms. The molecular weight excluding hydrogens is 340 g/mol. The first-order chi connectivity index (χ1) is 13.3. The molecule has 1 aliphatic carbocycles. The van der Waals surface area contributed by atoms with Crippen molar-refractivity contribution < 1.29 is 9.63 Å². The molecule has 0 atom stereocenters. The van der Waals surface area contributed by atoms with Gasteiger partial charge in [-0.05, 0) is 30.5 Å². The molecule has 0 radical (unpaired) electrons. The first-order valence-corrected chi connectivity index (χ1v) is 9.63. The van der Waals surface area contributed by atoms with Crippen LogP contribution in [0, 0.1) is 5.92 Å². The monoisotopic (exact) mass is 364 g/mol. The smallest absolute Gasteiger partial charge is 0.302 e. The lowest BCUT2D eigenvalue weighted by Gasteiger charge is -2.21. The van der Waals surface area contributed by atoms with Crippen molar-refractivity contribution in [1.82, 2.24) is 20.0 Å². The van der Waals surface area contributed by atoms with Crippen molar-refractivity contribution in [3.8, 4) is 5.75 Å². The van der Waals surface area contributed by atoms with E-state index in [1.165, 1.54) is 38.5 Å². The van der Waals surface area contributed by atoms with Crippen LogP contribution in [0.25, 0.3) is 11.0 Å². The van der Waals surface area contributed by atoms with Crippen LogP contribution in [-0.4, -0.2) is 20.4 Å². The highest BCUT2D eigenvalue weighted by Gasteiger charge is 2.15. The van der Waals surface area contributed by atoms with Crippen molar-refractivity contribution in [2.75, 3.05) is 0 Å². The molecule has 1 fully saturated rings. The lowest BCUT2D eigenvalue weighted by molar-refractivity contribution is 0.0754. The zero-order valence-corrected chi connectivity index (χ0v) is 15.3. The van der Waals surface area contributed by atoms with E-state index in [0.29, 0.717) is 5.75 Å². The summed E-state index contributed by atoms with van der Waals surface area (Å²) in [6.07, 6.45) is 11.5. The van der Waals surface area contributed by atoms with Crippen molar-refractivity contribution >= 4 is 16.9 Å². The predicted octanol–water partition coefficient (Wildman–Crippen LogP) is 4.13. The lowest BCUT2D eigenvalue weighted by atomic mass is 9.87. The van der Waals surface area contributed by atoms with E-state index in [-0.39, 0.29) is 5.69 Å². The van der Waals surface area contributed by atoms with Gasteiger partial charge in [-0.3, -0.25) is 4.79 Å². The molecule has 6 nitrogen and oxygen atoms in total. The van der Waals surface area contributed by atoms with Crippen LogP contribution in [0.3, 0.4) is 0 Å². The van der Waals surface area contributed by atoms with Crippen LogP contribution in [-0.2, 0) is 6.54 Å². The fourth-order valence-electron chi connectivity index (χ4n) is 3.70. The molecule has 4 rings (SSSR count). The first kappa shape index (κ1) is 17.5. The lowest BCUT2D eigenvalue weighted by Crippen LogP contribution is -2.27. The van der Waals surface area contributed by atoms with Gasteiger partial charge < -0.3 is 9.40 Å². The molecule has 0 spiro atoms. The number of hydrogen-bond donors (Lipinski definition) is 1. The van der Waals surface area contributed by atoms with Gasteiger partial charge in [0.05, 0.1) is 23.6 Å². The Morgan fingerprint density at radius 3 is 2.78 bits per heavy atom. The number of rotatable bonds is 6. The summed E-state index contributed by atoms with van der Waals surface area (Å²) in [5.74, 6) is 1.00. The quantitative estimate of drug-likeness (QED) is 0.668. The SMILES string of the molecule is O=C(NOc1ccccc1)c1cc2ncn(CCC3CCCCC3)c2cn1. The highest BCUT2D eigenvalue weighted by Crippen LogP contribution is 2.27. The van der Waals surface area contributed by atoms with Crippen molar-refractivity contribution in [2.45, 2.75) is 45.1 Å². The second kappa shape index (κ2) is 8.20. The van der Waals surface area contributed by atoms with Crippen LogP contribution in [0.5, 0.6) is 5.75 Å². The highest BCUT2D eigenvalue weighted by atomic mass is 16.7. The van der Waals surface area contributed by atoms with Gasteiger partial charge in [-0.1, -0.05) is 50.3 Å². The number of imidazole rings is 1. The van der Waals surface area contributed by atoms with Crippen LogP contribution in [0.15, 0.2) is 48.9 Å². The molecule has 1 saturated carbocycles. The number of amides is 1. The summed E-state index contributed by atoms with van der Waals surface area (Å²) in [7, 11) is 0. The standard InChI is InChI=1S/C21H24N4O2/c26-21(24-27-17-9-5-2-6-10-17)19-13-18-20(14-22-19)25(15-23-18)12-11-16-7-3-1-4-8-16/h2,5-6,9-10,13-16H,1,3-4,7-8,11-12H2,(H,24,26). The summed E-state index contributed by atoms with van der Waals surface area (Å²) in [5, 5.41) is 0. The summed E-state index contributed by atoms with van der Waals surface area (Å²) in [4.78, 5) is 26.3. The van der Waals surface area contributed by atoms with Crippen LogP contribution in [0.4, 0.5) is 0 Å². The van der Waals surface area contributed by atoms with Gasteiger partial charge in [0.15, 0.2) is 5.75 Å². The predicted molar refractivity (Wildman–Crippen MR) is 103 cm³/mol. The summed E-state index contributed by atoms with van der Waals surface area (Å²) < 4.78 is 2.14. The molecule has 3 aromatic rings. The maximum absolute atomic E-state index is 12.3. The Bertz CT molecular complexity index is 901. The maximum atomic E-state index is 12.3. The zero-order chi connectivity index (χ0) is 18.5. The molecular formula is C21H24N4O2. The van der Waals surface area contributed by atoms with Crippen LogP contribution in [0.1, 0.15) is 49.0 Å². The number of hydrogen-bond acceptors (Lipinski definition) is 4. The number of carbonyl (C=O) groups excluding carboxylic acids is 1. The van der Waals surface area contributed by atoms with Crippen LogP contribution < -0.4 is 10.3 Å². The van der Waals surface area contributed by atoms with Crippen LogP contribution >= 0.6 is 0 Å². The Kier molecular flexibility index (Phi) is 5.32. The highest BCUT2D eigenvalue weighted by molar-refractivity contribution is 5.94. The van der Waals surface area contributed by atoms with Gasteiger partial charge in [-0.2, -0.15) is 5.48 Å². The molecule has 6 heteroatoms. The third-order valence-electron chi connectivity index (χ3n) is 5.25. The van der Waals surface area contributed by atoms with Gasteiger partial charge in [0.1, 0.15) is 5.69 Å². The summed E-state index contributed by atoms with van der Waals surface area (Å²) in [6, 6.07) is 10.8. The Labute approximate surface area is 158 Å². The Balaban J connectivity index is 1.39. The van der Waals surface area contributed by atoms with Gasteiger partial charge in [-0.25, -0.2) is 9.97 Å². The van der Waals surface area contributed by atoms with Crippen molar-refractivity contribution in [3.63, 3.8) is 0 Å². The maximum Gasteiger partial charge on any atom is 0.302 e. The normalized spacial score (nSPS) is 15.0. The Morgan fingerprint density at radius 2 is 1.96 bits per heavy atom. The van der Waals surface area contributed by atoms with E-state index in [1.807, 2.05) is 24.5 Å². The van der Waals surface area contributed by atoms with E-state index >= 15 is 0 Å². The zero-order valence-electron chi connectivity index (χ0n) is 15.3. The van der Waals surface area contributed by atoms with Gasteiger partial charge >= 0.3 is 5.91 Å². The first-order valence-electron chi connectivity index (χ1n) is 9.63. The second-order valence-corrected chi connectivity index (χ2v) is 7.14. The topological polar surface area (TPSA) is 69.0 Å². The Morgan fingerprint density at radius 1 is 1.15 bits per heavy atom. The molecule has 1 aliphatic rings. The number of aryl methyl sites for hydroxylation is 1. The number of benzene rings is 1. The third-order valence-corrected chi connectivity index (χ3v) is 5.25. The van der Waals surface area contributed by atoms with E-state index < -0.39 is 5.91 Å². The average Bonchev–Trinajstić information content (AvgIpc) is 3.14. The number of para-hydroxylation sites is 1. The number of fused-ring (bicyclic) bond motifs is 1. The molecule has 140 valence electrons. The largest absolute Gasteiger partial charge is 0.379 e. The van der Waals surface area contributed by atoms with E-state index in [1.54, 1.807) is 24.4 Å². The van der Waals surface area contributed by atoms with Crippen molar-refractivity contribution in [1.29, 1.82) is 0 Å². The molecule has 1 N–H and O–H groups in total. The molecule has 1 amide bonds. The Hall–Kier alpha value is -2.89. The molecule has 2 heterocycles. The summed E-state index contributed by atoms with van der Waals surface area (Å²) in [5.41, 5.74) is 4.45. The van der Waals surface area contributed by atoms with Gasteiger partial charge in [-0.15, -0.1) is 0 Å². The molecule has 0 saturated heterocycles. The number of nitrogens with zero attached hydrogens (tertiary/aromatic N) is 3. The molecule has 2 aromatic heterocycles. The fraction of sp³-hybridized carbons (Fsp3) is 0.381. The summed E-state index contributed by atoms with van der Waals surface area (Å²) in [6.45, 7) is 0.950. The van der Waals surface area contributed by atoms with Crippen molar-refractivity contribution in [2.24, 2.45) is 5.92 Å². The molecule has 27 heavy (non-hydrogen) atoms. The van der Waals surface area contributed by atoms with Crippen molar-refractivity contribution in [3.05, 3.63) is 54.6 Å². The summed E-state index contributed by atoms with van der Waals surface area (Å²) >= 11 is 0. The van der Waals surface area contributed by atoms with Gasteiger partial charge in [0, 0.05) is 6.54 Å². The number of aromatic nitrogens is 3. The van der Waals surface area contributed by atoms with E-state index in [2.05, 4.69) is 20.0 Å². The average molecular weight is 364 g/mol. The van der Waals surface area contributed by atoms with E-state index in [4.69, 9.17) is 4.84 Å². The van der Waals surface area contributed by atoms with E-state index in [0.717, 1.165) is 23.5 Å². The van der Waals surface area contributed by atoms with Gasteiger partial charge in [0.2, 0.25) is 0 Å². The molecule has 1 aromatic carbocycles. The molecule has 0 aliphatic heterocycles. The second-order valence-electron chi connectivity index (χ2n) is 7.14. The number of hydroxylamine groups is 1. The minimum Gasteiger partial charge on any atom is -0.379 e. The number of pyridine rings is 1.